The molecule has 2 fully saturated rings. The molecule has 24 heavy (non-hydrogen) atoms. The monoisotopic (exact) mass is 334 g/mol. The fraction of sp³-hybridized carbons (Fsp3) is 0.529. The highest BCUT2D eigenvalue weighted by Gasteiger charge is 2.45. The van der Waals surface area contributed by atoms with Gasteiger partial charge in [-0.2, -0.15) is 0 Å². The van der Waals surface area contributed by atoms with E-state index in [-0.39, 0.29) is 31.7 Å². The van der Waals surface area contributed by atoms with Crippen LogP contribution in [0.5, 0.6) is 0 Å². The number of carbonyl (C=O) groups is 2. The first-order valence-corrected chi connectivity index (χ1v) is 8.13. The van der Waals surface area contributed by atoms with Crippen LogP contribution in [0.2, 0.25) is 0 Å². The molecule has 2 aliphatic rings. The molecule has 1 unspecified atom stereocenters. The summed E-state index contributed by atoms with van der Waals surface area (Å²) in [5.41, 5.74) is 0.887. The smallest absolute Gasteiger partial charge is 0.410 e. The number of nitrogens with zero attached hydrogens (tertiary/aromatic N) is 2. The number of hydrogen-bond donors (Lipinski definition) is 1. The Morgan fingerprint density at radius 1 is 1.38 bits per heavy atom. The lowest BCUT2D eigenvalue weighted by atomic mass is 10.1. The molecule has 2 heterocycles. The first-order chi connectivity index (χ1) is 11.6. The van der Waals surface area contributed by atoms with Crippen molar-refractivity contribution in [2.45, 2.75) is 38.3 Å². The maximum atomic E-state index is 12.6. The lowest BCUT2D eigenvalue weighted by Gasteiger charge is -2.49. The molecule has 1 aromatic carbocycles. The molecule has 2 aliphatic heterocycles. The zero-order valence-electron chi connectivity index (χ0n) is 13.6. The van der Waals surface area contributed by atoms with Crippen LogP contribution in [0.15, 0.2) is 30.3 Å². The second-order valence-corrected chi connectivity index (χ2v) is 6.06. The second-order valence-electron chi connectivity index (χ2n) is 6.06. The lowest BCUT2D eigenvalue weighted by molar-refractivity contribution is -0.188. The number of hydrogen-bond acceptors (Lipinski definition) is 5. The van der Waals surface area contributed by atoms with Crippen LogP contribution in [0, 0.1) is 0 Å². The number of fused-ring (bicyclic) bond motifs is 1. The molecule has 3 atom stereocenters. The Bertz CT molecular complexity index is 594. The summed E-state index contributed by atoms with van der Waals surface area (Å²) in [5.74, 6) is -0.221. The molecule has 0 radical (unpaired) electrons. The molecule has 1 N–H and O–H groups in total. The van der Waals surface area contributed by atoms with Gasteiger partial charge in [-0.25, -0.2) is 4.79 Å². The quantitative estimate of drug-likeness (QED) is 0.891. The Labute approximate surface area is 140 Å². The van der Waals surface area contributed by atoms with E-state index in [2.05, 4.69) is 0 Å². The van der Waals surface area contributed by atoms with Crippen LogP contribution in [-0.2, 0) is 20.9 Å². The number of aliphatic hydroxyl groups excluding tert-OH is 1. The van der Waals surface area contributed by atoms with E-state index >= 15 is 0 Å². The highest BCUT2D eigenvalue weighted by atomic mass is 16.6. The van der Waals surface area contributed by atoms with Crippen molar-refractivity contribution in [3.05, 3.63) is 35.9 Å². The fourth-order valence-electron chi connectivity index (χ4n) is 3.15. The number of benzene rings is 1. The van der Waals surface area contributed by atoms with Gasteiger partial charge in [0.25, 0.3) is 0 Å². The Kier molecular flexibility index (Phi) is 5.01. The van der Waals surface area contributed by atoms with Gasteiger partial charge in [-0.15, -0.1) is 0 Å². The minimum Gasteiger partial charge on any atom is -0.445 e. The zero-order chi connectivity index (χ0) is 17.1. The molecule has 1 aromatic rings. The minimum absolute atomic E-state index is 0.100. The summed E-state index contributed by atoms with van der Waals surface area (Å²) in [7, 11) is 0. The molecular weight excluding hydrogens is 312 g/mol. The van der Waals surface area contributed by atoms with Gasteiger partial charge in [0.05, 0.1) is 25.8 Å². The summed E-state index contributed by atoms with van der Waals surface area (Å²) in [5, 5.41) is 9.46. The van der Waals surface area contributed by atoms with E-state index < -0.39 is 18.4 Å². The molecule has 0 aromatic heterocycles. The van der Waals surface area contributed by atoms with E-state index in [1.165, 1.54) is 4.90 Å². The predicted octanol–water partition coefficient (Wildman–Crippen LogP) is 0.963. The molecule has 7 heteroatoms. The van der Waals surface area contributed by atoms with Crippen LogP contribution in [0.3, 0.4) is 0 Å². The van der Waals surface area contributed by atoms with E-state index in [0.29, 0.717) is 13.0 Å². The van der Waals surface area contributed by atoms with Crippen molar-refractivity contribution in [1.29, 1.82) is 0 Å². The normalized spacial score (nSPS) is 26.9. The Hall–Kier alpha value is -2.12. The summed E-state index contributed by atoms with van der Waals surface area (Å²) in [6.07, 6.45) is -0.456. The maximum Gasteiger partial charge on any atom is 0.410 e. The Morgan fingerprint density at radius 2 is 2.12 bits per heavy atom. The van der Waals surface area contributed by atoms with E-state index in [1.807, 2.05) is 30.3 Å². The minimum atomic E-state index is -0.639. The molecule has 0 bridgehead atoms. The lowest BCUT2D eigenvalue weighted by Crippen LogP contribution is -2.67. The van der Waals surface area contributed by atoms with Gasteiger partial charge in [-0.05, 0) is 18.9 Å². The third-order valence-electron chi connectivity index (χ3n) is 4.55. The number of piperazine rings is 1. The van der Waals surface area contributed by atoms with Gasteiger partial charge in [0, 0.05) is 0 Å². The Morgan fingerprint density at radius 3 is 2.83 bits per heavy atom. The van der Waals surface area contributed by atoms with E-state index in [9.17, 15) is 14.7 Å². The average molecular weight is 334 g/mol. The zero-order valence-corrected chi connectivity index (χ0v) is 13.6. The Balaban J connectivity index is 1.66. The van der Waals surface area contributed by atoms with Crippen LogP contribution in [0.1, 0.15) is 18.9 Å². The number of ether oxygens (including phenoxy) is 2. The van der Waals surface area contributed by atoms with Gasteiger partial charge >= 0.3 is 6.09 Å². The van der Waals surface area contributed by atoms with Crippen molar-refractivity contribution in [3.8, 4) is 0 Å². The van der Waals surface area contributed by atoms with Crippen LogP contribution < -0.4 is 0 Å². The molecule has 0 aliphatic carbocycles. The van der Waals surface area contributed by atoms with Crippen molar-refractivity contribution < 1.29 is 24.2 Å². The number of carbonyl (C=O) groups excluding carboxylic acids is 2. The molecule has 130 valence electrons. The first-order valence-electron chi connectivity index (χ1n) is 8.13. The summed E-state index contributed by atoms with van der Waals surface area (Å²) in [6.45, 7) is 2.44. The summed E-state index contributed by atoms with van der Waals surface area (Å²) >= 11 is 0. The molecule has 0 spiro atoms. The third-order valence-corrected chi connectivity index (χ3v) is 4.55. The van der Waals surface area contributed by atoms with Gasteiger partial charge in [0.2, 0.25) is 5.91 Å². The number of aliphatic hydroxyl groups is 1. The van der Waals surface area contributed by atoms with Gasteiger partial charge in [-0.1, -0.05) is 30.3 Å². The molecule has 3 rings (SSSR count). The largest absolute Gasteiger partial charge is 0.445 e. The van der Waals surface area contributed by atoms with Gasteiger partial charge in [0.1, 0.15) is 12.6 Å². The van der Waals surface area contributed by atoms with Crippen molar-refractivity contribution in [2.75, 3.05) is 19.8 Å². The SMILES string of the molecule is C[C@H]1C(=O)N2C(CN1C(=O)OCc1ccccc1)OCC[C@H]2CO. The molecule has 7 nitrogen and oxygen atoms in total. The maximum absolute atomic E-state index is 12.6. The second kappa shape index (κ2) is 7.19. The molecule has 2 amide bonds. The van der Waals surface area contributed by atoms with Gasteiger partial charge in [-0.3, -0.25) is 9.69 Å². The molecule has 2 saturated heterocycles. The highest BCUT2D eigenvalue weighted by molar-refractivity contribution is 5.87. The van der Waals surface area contributed by atoms with Crippen molar-refractivity contribution in [1.82, 2.24) is 9.80 Å². The van der Waals surface area contributed by atoms with Crippen LogP contribution in [0.25, 0.3) is 0 Å². The number of amides is 2. The summed E-state index contributed by atoms with van der Waals surface area (Å²) < 4.78 is 11.0. The summed E-state index contributed by atoms with van der Waals surface area (Å²) in [6, 6.07) is 8.49. The van der Waals surface area contributed by atoms with Crippen LogP contribution in [0.4, 0.5) is 4.79 Å². The van der Waals surface area contributed by atoms with Gasteiger partial charge in [0.15, 0.2) is 6.23 Å². The number of rotatable bonds is 3. The fourth-order valence-corrected chi connectivity index (χ4v) is 3.15. The van der Waals surface area contributed by atoms with E-state index in [4.69, 9.17) is 9.47 Å². The van der Waals surface area contributed by atoms with Crippen LogP contribution >= 0.6 is 0 Å². The van der Waals surface area contributed by atoms with Crippen molar-refractivity contribution >= 4 is 12.0 Å². The van der Waals surface area contributed by atoms with Crippen molar-refractivity contribution in [2.24, 2.45) is 0 Å². The van der Waals surface area contributed by atoms with Crippen LogP contribution in [-0.4, -0.2) is 65.0 Å². The molecular formula is C17H22N2O5. The van der Waals surface area contributed by atoms with Gasteiger partial charge < -0.3 is 19.5 Å². The van der Waals surface area contributed by atoms with Crippen molar-refractivity contribution in [3.63, 3.8) is 0 Å². The highest BCUT2D eigenvalue weighted by Crippen LogP contribution is 2.26. The summed E-state index contributed by atoms with van der Waals surface area (Å²) in [4.78, 5) is 27.9. The topological polar surface area (TPSA) is 79.3 Å². The molecule has 0 saturated carbocycles. The third kappa shape index (κ3) is 3.22. The van der Waals surface area contributed by atoms with E-state index in [0.717, 1.165) is 5.56 Å². The predicted molar refractivity (Wildman–Crippen MR) is 84.9 cm³/mol. The first kappa shape index (κ1) is 16.7. The van der Waals surface area contributed by atoms with E-state index in [1.54, 1.807) is 11.8 Å². The average Bonchev–Trinajstić information content (AvgIpc) is 2.62. The standard InChI is InChI=1S/C17H22N2O5/c1-12-16(21)19-14(10-20)7-8-23-15(19)9-18(12)17(22)24-11-13-5-3-2-4-6-13/h2-6,12,14-15,20H,7-11H2,1H3/t12-,14-,15?/m0/s1.